The van der Waals surface area contributed by atoms with Gasteiger partial charge in [-0.1, -0.05) is 29.4 Å². The topological polar surface area (TPSA) is 87.6 Å². The van der Waals surface area contributed by atoms with E-state index >= 15 is 0 Å². The van der Waals surface area contributed by atoms with E-state index in [1.54, 1.807) is 25.1 Å². The number of carbonyl (C=O) groups excluding carboxylic acids is 2. The molecule has 0 saturated carbocycles. The summed E-state index contributed by atoms with van der Waals surface area (Å²) < 4.78 is 0. The van der Waals surface area contributed by atoms with Crippen LogP contribution in [0, 0.1) is 6.92 Å². The van der Waals surface area contributed by atoms with Gasteiger partial charge in [-0.25, -0.2) is 14.7 Å². The Morgan fingerprint density at radius 2 is 2.08 bits per heavy atom. The number of imide groups is 1. The highest BCUT2D eigenvalue weighted by Crippen LogP contribution is 2.36. The summed E-state index contributed by atoms with van der Waals surface area (Å²) in [6.07, 6.45) is 1.43. The molecule has 1 aromatic heterocycles. The molecular weight excluding hydrogens is 364 g/mol. The van der Waals surface area contributed by atoms with Gasteiger partial charge in [0.05, 0.1) is 16.5 Å². The van der Waals surface area contributed by atoms with E-state index in [9.17, 15) is 19.5 Å². The molecular formula is C17H13ClN2O4S. The highest BCUT2D eigenvalue weighted by molar-refractivity contribution is 8.00. The molecule has 0 spiro atoms. The molecule has 1 aromatic carbocycles. The fraction of sp³-hybridized carbons (Fsp3) is 0.176. The van der Waals surface area contributed by atoms with E-state index in [1.807, 2.05) is 0 Å². The van der Waals surface area contributed by atoms with Crippen LogP contribution >= 0.6 is 23.4 Å². The van der Waals surface area contributed by atoms with Crippen LogP contribution < -0.4 is 4.90 Å². The predicted molar refractivity (Wildman–Crippen MR) is 94.1 cm³/mol. The molecule has 2 heterocycles. The molecule has 0 unspecified atom stereocenters. The number of hydrogen-bond acceptors (Lipinski definition) is 5. The van der Waals surface area contributed by atoms with Gasteiger partial charge >= 0.3 is 5.97 Å². The zero-order valence-electron chi connectivity index (χ0n) is 13.1. The van der Waals surface area contributed by atoms with E-state index in [0.717, 1.165) is 16.7 Å². The van der Waals surface area contributed by atoms with Gasteiger partial charge in [0.15, 0.2) is 0 Å². The Hall–Kier alpha value is -2.38. The Labute approximate surface area is 152 Å². The van der Waals surface area contributed by atoms with Crippen molar-refractivity contribution in [2.75, 3.05) is 4.90 Å². The van der Waals surface area contributed by atoms with Crippen LogP contribution in [0.2, 0.25) is 5.02 Å². The number of pyridine rings is 1. The van der Waals surface area contributed by atoms with Gasteiger partial charge in [0, 0.05) is 17.6 Å². The second-order valence-corrected chi connectivity index (χ2v) is 7.02. The van der Waals surface area contributed by atoms with Crippen molar-refractivity contribution in [3.63, 3.8) is 0 Å². The Bertz CT molecular complexity index is 887. The van der Waals surface area contributed by atoms with Crippen LogP contribution in [0.1, 0.15) is 22.3 Å². The van der Waals surface area contributed by atoms with Gasteiger partial charge in [-0.3, -0.25) is 9.59 Å². The minimum absolute atomic E-state index is 0.00475. The lowest BCUT2D eigenvalue weighted by Crippen LogP contribution is -2.31. The third kappa shape index (κ3) is 3.25. The highest BCUT2D eigenvalue weighted by atomic mass is 35.5. The number of carboxylic acids is 1. The monoisotopic (exact) mass is 376 g/mol. The summed E-state index contributed by atoms with van der Waals surface area (Å²) >= 11 is 7.07. The first-order valence-corrected chi connectivity index (χ1v) is 8.62. The third-order valence-corrected chi connectivity index (χ3v) is 5.45. The second kappa shape index (κ2) is 6.85. The van der Waals surface area contributed by atoms with E-state index in [0.29, 0.717) is 16.3 Å². The van der Waals surface area contributed by atoms with E-state index in [4.69, 9.17) is 11.6 Å². The Morgan fingerprint density at radius 1 is 1.32 bits per heavy atom. The van der Waals surface area contributed by atoms with Crippen molar-refractivity contribution >= 4 is 46.8 Å². The SMILES string of the molecule is Cc1c(Cl)cccc1N1C(=O)C[C@H](Sc2ncccc2C(=O)O)C1=O. The lowest BCUT2D eigenvalue weighted by Gasteiger charge is -2.18. The number of rotatable bonds is 4. The van der Waals surface area contributed by atoms with Crippen LogP contribution in [0.15, 0.2) is 41.6 Å². The highest BCUT2D eigenvalue weighted by Gasteiger charge is 2.41. The maximum absolute atomic E-state index is 12.7. The van der Waals surface area contributed by atoms with Crippen molar-refractivity contribution in [2.24, 2.45) is 0 Å². The predicted octanol–water partition coefficient (Wildman–Crippen LogP) is 3.17. The lowest BCUT2D eigenvalue weighted by atomic mass is 10.2. The summed E-state index contributed by atoms with van der Waals surface area (Å²) in [6, 6.07) is 7.94. The summed E-state index contributed by atoms with van der Waals surface area (Å²) in [6.45, 7) is 1.74. The third-order valence-electron chi connectivity index (χ3n) is 3.84. The van der Waals surface area contributed by atoms with Crippen molar-refractivity contribution in [2.45, 2.75) is 23.6 Å². The molecule has 0 bridgehead atoms. The van der Waals surface area contributed by atoms with Crippen LogP contribution in [0.3, 0.4) is 0 Å². The zero-order valence-corrected chi connectivity index (χ0v) is 14.7. The van der Waals surface area contributed by atoms with E-state index in [2.05, 4.69) is 4.98 Å². The number of nitrogens with zero attached hydrogens (tertiary/aromatic N) is 2. The molecule has 1 atom stereocenters. The minimum atomic E-state index is -1.13. The number of hydrogen-bond donors (Lipinski definition) is 1. The summed E-state index contributed by atoms with van der Waals surface area (Å²) in [4.78, 5) is 41.5. The summed E-state index contributed by atoms with van der Waals surface area (Å²) in [5.74, 6) is -1.88. The average molecular weight is 377 g/mol. The van der Waals surface area contributed by atoms with Gasteiger partial charge in [-0.2, -0.15) is 0 Å². The summed E-state index contributed by atoms with van der Waals surface area (Å²) in [5.41, 5.74) is 1.09. The normalized spacial score (nSPS) is 17.2. The van der Waals surface area contributed by atoms with Crippen molar-refractivity contribution in [3.05, 3.63) is 52.7 Å². The summed E-state index contributed by atoms with van der Waals surface area (Å²) in [7, 11) is 0. The van der Waals surface area contributed by atoms with Crippen LogP contribution in [-0.2, 0) is 9.59 Å². The van der Waals surface area contributed by atoms with E-state index < -0.39 is 17.1 Å². The van der Waals surface area contributed by atoms with Gasteiger partial charge in [-0.05, 0) is 36.8 Å². The number of thioether (sulfide) groups is 1. The fourth-order valence-electron chi connectivity index (χ4n) is 2.57. The number of amides is 2. The van der Waals surface area contributed by atoms with Gasteiger partial charge in [-0.15, -0.1) is 0 Å². The first-order chi connectivity index (χ1) is 11.9. The van der Waals surface area contributed by atoms with E-state index in [-0.39, 0.29) is 22.9 Å². The molecule has 2 aromatic rings. The van der Waals surface area contributed by atoms with Crippen LogP contribution in [0.25, 0.3) is 0 Å². The van der Waals surface area contributed by atoms with Gasteiger partial charge in [0.25, 0.3) is 0 Å². The van der Waals surface area contributed by atoms with Crippen molar-refractivity contribution in [1.82, 2.24) is 4.98 Å². The maximum atomic E-state index is 12.7. The minimum Gasteiger partial charge on any atom is -0.478 e. The van der Waals surface area contributed by atoms with Crippen molar-refractivity contribution in [3.8, 4) is 0 Å². The molecule has 3 rings (SSSR count). The molecule has 6 nitrogen and oxygen atoms in total. The largest absolute Gasteiger partial charge is 0.478 e. The number of aromatic nitrogens is 1. The molecule has 25 heavy (non-hydrogen) atoms. The fourth-order valence-corrected chi connectivity index (χ4v) is 3.85. The quantitative estimate of drug-likeness (QED) is 0.824. The van der Waals surface area contributed by atoms with Crippen LogP contribution in [0.4, 0.5) is 5.69 Å². The maximum Gasteiger partial charge on any atom is 0.338 e. The van der Waals surface area contributed by atoms with Crippen LogP contribution in [0.5, 0.6) is 0 Å². The van der Waals surface area contributed by atoms with Crippen molar-refractivity contribution < 1.29 is 19.5 Å². The first kappa shape index (κ1) is 17.4. The average Bonchev–Trinajstić information content (AvgIpc) is 2.85. The van der Waals surface area contributed by atoms with Crippen LogP contribution in [-0.4, -0.2) is 33.1 Å². The number of halogens is 1. The number of aromatic carboxylic acids is 1. The van der Waals surface area contributed by atoms with Crippen molar-refractivity contribution in [1.29, 1.82) is 0 Å². The smallest absolute Gasteiger partial charge is 0.338 e. The second-order valence-electron chi connectivity index (χ2n) is 5.42. The number of anilines is 1. The molecule has 8 heteroatoms. The number of carbonyl (C=O) groups is 3. The molecule has 1 N–H and O–H groups in total. The van der Waals surface area contributed by atoms with Gasteiger partial charge < -0.3 is 5.11 Å². The van der Waals surface area contributed by atoms with Gasteiger partial charge in [0.1, 0.15) is 5.03 Å². The molecule has 1 fully saturated rings. The standard InChI is InChI=1S/C17H13ClN2O4S/c1-9-11(18)5-2-6-12(9)20-14(21)8-13(16(20)22)25-15-10(17(23)24)4-3-7-19-15/h2-7,13H,8H2,1H3,(H,23,24)/t13-/m0/s1. The molecule has 1 saturated heterocycles. The lowest BCUT2D eigenvalue weighted by molar-refractivity contribution is -0.121. The molecule has 0 radical (unpaired) electrons. The van der Waals surface area contributed by atoms with E-state index in [1.165, 1.54) is 18.3 Å². The zero-order chi connectivity index (χ0) is 18.1. The molecule has 128 valence electrons. The number of carboxylic acid groups (broad SMARTS) is 1. The first-order valence-electron chi connectivity index (χ1n) is 7.37. The Morgan fingerprint density at radius 3 is 2.80 bits per heavy atom. The Kier molecular flexibility index (Phi) is 4.78. The molecule has 0 aliphatic carbocycles. The van der Waals surface area contributed by atoms with Gasteiger partial charge in [0.2, 0.25) is 11.8 Å². The molecule has 1 aliphatic rings. The molecule has 1 aliphatic heterocycles. The Balaban J connectivity index is 1.90. The molecule has 2 amide bonds. The summed E-state index contributed by atoms with van der Waals surface area (Å²) in [5, 5.41) is 9.18. The number of benzene rings is 1.